The van der Waals surface area contributed by atoms with Gasteiger partial charge in [-0.25, -0.2) is 0 Å². The molecule has 2 aromatic heterocycles. The van der Waals surface area contributed by atoms with Crippen molar-refractivity contribution in [2.45, 2.75) is 58.8 Å². The van der Waals surface area contributed by atoms with Gasteiger partial charge in [-0.15, -0.1) is 0 Å². The van der Waals surface area contributed by atoms with E-state index in [1.165, 1.54) is 6.20 Å². The van der Waals surface area contributed by atoms with Gasteiger partial charge in [0.25, 0.3) is 0 Å². The highest BCUT2D eigenvalue weighted by atomic mass is 79.9. The van der Waals surface area contributed by atoms with E-state index >= 15 is 0 Å². The summed E-state index contributed by atoms with van der Waals surface area (Å²) in [6.45, 7) is 8.58. The number of aliphatic hydroxyl groups excluding tert-OH is 1. The van der Waals surface area contributed by atoms with E-state index in [9.17, 15) is 15.2 Å². The lowest BCUT2D eigenvalue weighted by Gasteiger charge is -2.25. The Labute approximate surface area is 233 Å². The summed E-state index contributed by atoms with van der Waals surface area (Å²) >= 11 is 3.64. The predicted octanol–water partition coefficient (Wildman–Crippen LogP) is 3.61. The number of rotatable bonds is 11. The maximum atomic E-state index is 10.2. The minimum atomic E-state index is -1.66. The van der Waals surface area contributed by atoms with Crippen molar-refractivity contribution in [2.75, 3.05) is 33.5 Å². The molecule has 38 heavy (non-hydrogen) atoms. The highest BCUT2D eigenvalue weighted by Crippen LogP contribution is 2.41. The fourth-order valence-corrected chi connectivity index (χ4v) is 5.42. The van der Waals surface area contributed by atoms with E-state index in [0.29, 0.717) is 30.7 Å². The number of benzene rings is 1. The summed E-state index contributed by atoms with van der Waals surface area (Å²) in [7, 11) is -0.0240. The lowest BCUT2D eigenvalue weighted by Crippen LogP contribution is -2.31. The molecule has 0 amide bonds. The van der Waals surface area contributed by atoms with Gasteiger partial charge in [-0.3, -0.25) is 4.98 Å². The number of aromatic nitrogens is 2. The molecular formula is C28H38BBrN2O6. The molecule has 0 bridgehead atoms. The molecule has 206 valence electrons. The third-order valence-electron chi connectivity index (χ3n) is 7.28. The molecule has 1 aliphatic rings. The van der Waals surface area contributed by atoms with Gasteiger partial charge in [-0.05, 0) is 61.4 Å². The Bertz CT molecular complexity index is 1240. The monoisotopic (exact) mass is 588 g/mol. The van der Waals surface area contributed by atoms with Crippen molar-refractivity contribution in [3.63, 3.8) is 0 Å². The molecule has 1 atom stereocenters. The highest BCUT2D eigenvalue weighted by molar-refractivity contribution is 9.10. The first-order chi connectivity index (χ1) is 18.1. The molecule has 3 N–H and O–H groups in total. The van der Waals surface area contributed by atoms with Gasteiger partial charge in [-0.1, -0.05) is 29.8 Å². The Morgan fingerprint density at radius 1 is 1.24 bits per heavy atom. The maximum absolute atomic E-state index is 10.2. The zero-order chi connectivity index (χ0) is 27.4. The van der Waals surface area contributed by atoms with Crippen LogP contribution >= 0.6 is 15.9 Å². The van der Waals surface area contributed by atoms with E-state index in [1.54, 1.807) is 13.2 Å². The van der Waals surface area contributed by atoms with Crippen molar-refractivity contribution in [2.24, 2.45) is 5.41 Å². The number of halogens is 1. The second-order valence-electron chi connectivity index (χ2n) is 10.8. The molecule has 0 unspecified atom stereocenters. The van der Waals surface area contributed by atoms with Crippen LogP contribution in [0.2, 0.25) is 0 Å². The Hall–Kier alpha value is -1.79. The Kier molecular flexibility index (Phi) is 9.68. The maximum Gasteiger partial charge on any atom is 0.490 e. The number of hydrogen-bond acceptors (Lipinski definition) is 7. The van der Waals surface area contributed by atoms with Crippen LogP contribution in [0.5, 0.6) is 0 Å². The molecule has 3 heterocycles. The van der Waals surface area contributed by atoms with Crippen LogP contribution in [-0.2, 0) is 27.2 Å². The van der Waals surface area contributed by atoms with Gasteiger partial charge < -0.3 is 33.9 Å². The van der Waals surface area contributed by atoms with Gasteiger partial charge in [-0.2, -0.15) is 0 Å². The van der Waals surface area contributed by atoms with E-state index in [0.717, 1.165) is 58.3 Å². The Morgan fingerprint density at radius 3 is 2.63 bits per heavy atom. The summed E-state index contributed by atoms with van der Waals surface area (Å²) in [5.74, 6) is 0. The minimum absolute atomic E-state index is 0.0228. The van der Waals surface area contributed by atoms with E-state index in [-0.39, 0.29) is 24.2 Å². The van der Waals surface area contributed by atoms with Crippen molar-refractivity contribution in [3.05, 3.63) is 46.2 Å². The Morgan fingerprint density at radius 2 is 1.97 bits per heavy atom. The van der Waals surface area contributed by atoms with Crippen LogP contribution in [0.25, 0.3) is 22.2 Å². The molecule has 1 aromatic carbocycles. The Balaban J connectivity index is 1.93. The van der Waals surface area contributed by atoms with Crippen LogP contribution in [0, 0.1) is 5.41 Å². The number of nitrogens with zero attached hydrogens (tertiary/aromatic N) is 2. The summed E-state index contributed by atoms with van der Waals surface area (Å²) < 4.78 is 20.6. The molecule has 3 aromatic rings. The summed E-state index contributed by atoms with van der Waals surface area (Å²) in [5.41, 5.74) is 4.40. The van der Waals surface area contributed by atoms with Gasteiger partial charge >= 0.3 is 7.12 Å². The molecule has 1 saturated heterocycles. The van der Waals surface area contributed by atoms with Crippen molar-refractivity contribution >= 4 is 39.4 Å². The summed E-state index contributed by atoms with van der Waals surface area (Å²) in [4.78, 5) is 4.63. The van der Waals surface area contributed by atoms with E-state index in [2.05, 4.69) is 37.6 Å². The van der Waals surface area contributed by atoms with Crippen LogP contribution in [0.3, 0.4) is 0 Å². The van der Waals surface area contributed by atoms with E-state index in [1.807, 2.05) is 26.8 Å². The van der Waals surface area contributed by atoms with E-state index < -0.39 is 7.12 Å². The average molecular weight is 589 g/mol. The fraction of sp³-hybridized carbons (Fsp3) is 0.536. The zero-order valence-corrected chi connectivity index (χ0v) is 24.2. The fourth-order valence-electron chi connectivity index (χ4n) is 5.06. The van der Waals surface area contributed by atoms with Gasteiger partial charge in [0.15, 0.2) is 0 Å². The topological polar surface area (TPSA) is 106 Å². The number of pyridine rings is 1. The molecule has 0 spiro atoms. The first-order valence-electron chi connectivity index (χ1n) is 13.1. The molecule has 8 nitrogen and oxygen atoms in total. The highest BCUT2D eigenvalue weighted by Gasteiger charge is 2.29. The quantitative estimate of drug-likeness (QED) is 0.294. The van der Waals surface area contributed by atoms with Crippen LogP contribution in [0.4, 0.5) is 0 Å². The third kappa shape index (κ3) is 6.50. The second kappa shape index (κ2) is 12.6. The van der Waals surface area contributed by atoms with Gasteiger partial charge in [0.1, 0.15) is 0 Å². The van der Waals surface area contributed by atoms with Gasteiger partial charge in [0.05, 0.1) is 30.2 Å². The van der Waals surface area contributed by atoms with Crippen molar-refractivity contribution < 1.29 is 29.4 Å². The third-order valence-corrected chi connectivity index (χ3v) is 7.78. The molecule has 0 aliphatic carbocycles. The lowest BCUT2D eigenvalue weighted by molar-refractivity contribution is -0.0336. The van der Waals surface area contributed by atoms with Crippen LogP contribution in [0.15, 0.2) is 34.9 Å². The number of aliphatic hydroxyl groups is 1. The van der Waals surface area contributed by atoms with Gasteiger partial charge in [0, 0.05) is 66.1 Å². The molecule has 10 heteroatoms. The number of hydrogen-bond donors (Lipinski definition) is 3. The molecular weight excluding hydrogens is 551 g/mol. The molecule has 1 aliphatic heterocycles. The van der Waals surface area contributed by atoms with Crippen LogP contribution in [-0.4, -0.2) is 71.5 Å². The molecule has 4 rings (SSSR count). The molecule has 0 radical (unpaired) electrons. The predicted molar refractivity (Wildman–Crippen MR) is 152 cm³/mol. The smallest absolute Gasteiger partial charge is 0.423 e. The molecule has 0 saturated carbocycles. The van der Waals surface area contributed by atoms with Gasteiger partial charge in [0.2, 0.25) is 0 Å². The summed E-state index contributed by atoms with van der Waals surface area (Å²) in [6.07, 6.45) is 3.70. The first kappa shape index (κ1) is 29.2. The summed E-state index contributed by atoms with van der Waals surface area (Å²) in [5, 5.41) is 31.3. The number of fused-ring (bicyclic) bond motifs is 1. The number of ether oxygens (including phenoxy) is 3. The largest absolute Gasteiger partial charge is 0.490 e. The second-order valence-corrected chi connectivity index (χ2v) is 11.7. The van der Waals surface area contributed by atoms with Crippen LogP contribution in [0.1, 0.15) is 51.0 Å². The van der Waals surface area contributed by atoms with Crippen molar-refractivity contribution in [1.82, 2.24) is 9.55 Å². The normalized spacial score (nSPS) is 15.8. The van der Waals surface area contributed by atoms with Crippen molar-refractivity contribution in [1.29, 1.82) is 0 Å². The molecule has 1 fully saturated rings. The van der Waals surface area contributed by atoms with Crippen LogP contribution < -0.4 is 5.46 Å². The number of methoxy groups -OCH3 is 1. The van der Waals surface area contributed by atoms with Crippen molar-refractivity contribution in [3.8, 4) is 11.3 Å². The van der Waals surface area contributed by atoms with E-state index in [4.69, 9.17) is 14.2 Å². The summed E-state index contributed by atoms with van der Waals surface area (Å²) in [6, 6.07) is 8.00. The lowest BCUT2D eigenvalue weighted by atomic mass is 9.79. The zero-order valence-electron chi connectivity index (χ0n) is 22.6. The first-order valence-corrected chi connectivity index (χ1v) is 13.9. The average Bonchev–Trinajstić information content (AvgIpc) is 3.19. The minimum Gasteiger partial charge on any atom is -0.423 e. The standard InChI is InChI=1S/C28H38BBrN2O6/c1-18(36-4)26-23(13-19(16-31-26)29(34)35)27-24(15-28(2,3)17-33)22-14-20(30)5-6-25(22)32(27)9-12-38-21-7-10-37-11-8-21/h5-6,13-14,16,18,21,33-35H,7-12,15,17H2,1-4H3/t18-/m0/s1. The SMILES string of the molecule is CO[C@@H](C)c1ncc(B(O)O)cc1-c1c(CC(C)(C)CO)c2cc(Br)ccc2n1CCOC1CCOCC1.